The molecule has 0 saturated carbocycles. The van der Waals surface area contributed by atoms with Crippen LogP contribution in [0, 0.1) is 5.82 Å². The SMILES string of the molecule is CNC(=O)c1ccc(F)cc1Oc1ccccc1. The Balaban J connectivity index is 2.36. The topological polar surface area (TPSA) is 38.3 Å². The highest BCUT2D eigenvalue weighted by atomic mass is 19.1. The zero-order valence-corrected chi connectivity index (χ0v) is 9.81. The van der Waals surface area contributed by atoms with Crippen molar-refractivity contribution in [2.45, 2.75) is 0 Å². The number of hydrogen-bond acceptors (Lipinski definition) is 2. The number of amides is 1. The second-order valence-electron chi connectivity index (χ2n) is 3.63. The van der Waals surface area contributed by atoms with Crippen molar-refractivity contribution in [3.05, 3.63) is 59.9 Å². The minimum absolute atomic E-state index is 0.195. The molecule has 0 aromatic heterocycles. The number of ether oxygens (including phenoxy) is 1. The minimum atomic E-state index is -0.450. The first-order chi connectivity index (χ1) is 8.70. The van der Waals surface area contributed by atoms with Crippen LogP contribution < -0.4 is 10.1 Å². The number of carbonyl (C=O) groups excluding carboxylic acids is 1. The molecule has 0 aliphatic heterocycles. The Morgan fingerprint density at radius 3 is 2.56 bits per heavy atom. The molecular weight excluding hydrogens is 233 g/mol. The molecule has 0 heterocycles. The van der Waals surface area contributed by atoms with Crippen LogP contribution in [-0.2, 0) is 0 Å². The van der Waals surface area contributed by atoms with Crippen LogP contribution in [0.2, 0.25) is 0 Å². The van der Waals surface area contributed by atoms with Crippen molar-refractivity contribution in [2.75, 3.05) is 7.05 Å². The predicted molar refractivity (Wildman–Crippen MR) is 66.3 cm³/mol. The monoisotopic (exact) mass is 245 g/mol. The summed E-state index contributed by atoms with van der Waals surface area (Å²) in [6.45, 7) is 0. The van der Waals surface area contributed by atoms with E-state index in [2.05, 4.69) is 5.32 Å². The standard InChI is InChI=1S/C14H12FNO2/c1-16-14(17)12-8-7-10(15)9-13(12)18-11-5-3-2-4-6-11/h2-9H,1H3,(H,16,17). The van der Waals surface area contributed by atoms with E-state index in [1.54, 1.807) is 24.3 Å². The minimum Gasteiger partial charge on any atom is -0.456 e. The van der Waals surface area contributed by atoms with Gasteiger partial charge in [-0.1, -0.05) is 18.2 Å². The van der Waals surface area contributed by atoms with Crippen molar-refractivity contribution in [1.29, 1.82) is 0 Å². The molecule has 18 heavy (non-hydrogen) atoms. The number of rotatable bonds is 3. The molecule has 0 bridgehead atoms. The van der Waals surface area contributed by atoms with Gasteiger partial charge in [0.2, 0.25) is 0 Å². The Labute approximate surface area is 104 Å². The van der Waals surface area contributed by atoms with Gasteiger partial charge in [-0.3, -0.25) is 4.79 Å². The van der Waals surface area contributed by atoms with Gasteiger partial charge in [-0.15, -0.1) is 0 Å². The summed E-state index contributed by atoms with van der Waals surface area (Å²) in [7, 11) is 1.51. The lowest BCUT2D eigenvalue weighted by Gasteiger charge is -2.10. The zero-order chi connectivity index (χ0) is 13.0. The van der Waals surface area contributed by atoms with Crippen molar-refractivity contribution >= 4 is 5.91 Å². The summed E-state index contributed by atoms with van der Waals surface area (Å²) in [5, 5.41) is 2.49. The molecule has 1 amide bonds. The third-order valence-electron chi connectivity index (χ3n) is 2.39. The molecule has 2 aromatic carbocycles. The van der Waals surface area contributed by atoms with E-state index in [-0.39, 0.29) is 11.7 Å². The molecule has 0 aliphatic rings. The Morgan fingerprint density at radius 1 is 1.17 bits per heavy atom. The third kappa shape index (κ3) is 2.66. The predicted octanol–water partition coefficient (Wildman–Crippen LogP) is 2.98. The number of nitrogens with one attached hydrogen (secondary N) is 1. The van der Waals surface area contributed by atoms with Crippen molar-refractivity contribution in [2.24, 2.45) is 0 Å². The average molecular weight is 245 g/mol. The molecule has 0 spiro atoms. The molecule has 1 N–H and O–H groups in total. The molecule has 0 radical (unpaired) electrons. The lowest BCUT2D eigenvalue weighted by molar-refractivity contribution is 0.0961. The fraction of sp³-hybridized carbons (Fsp3) is 0.0714. The van der Waals surface area contributed by atoms with Crippen LogP contribution in [0.4, 0.5) is 4.39 Å². The highest BCUT2D eigenvalue weighted by Gasteiger charge is 2.12. The summed E-state index contributed by atoms with van der Waals surface area (Å²) < 4.78 is 18.7. The molecule has 0 atom stereocenters. The quantitative estimate of drug-likeness (QED) is 0.902. The van der Waals surface area contributed by atoms with Gasteiger partial charge in [0.25, 0.3) is 5.91 Å². The third-order valence-corrected chi connectivity index (χ3v) is 2.39. The normalized spacial score (nSPS) is 9.89. The van der Waals surface area contributed by atoms with Gasteiger partial charge in [0, 0.05) is 13.1 Å². The summed E-state index contributed by atoms with van der Waals surface area (Å²) in [4.78, 5) is 11.6. The maximum Gasteiger partial charge on any atom is 0.254 e. The lowest BCUT2D eigenvalue weighted by atomic mass is 10.2. The van der Waals surface area contributed by atoms with E-state index in [1.807, 2.05) is 6.07 Å². The van der Waals surface area contributed by atoms with Crippen LogP contribution in [-0.4, -0.2) is 13.0 Å². The van der Waals surface area contributed by atoms with Crippen molar-refractivity contribution in [3.8, 4) is 11.5 Å². The van der Waals surface area contributed by atoms with Crippen LogP contribution in [0.15, 0.2) is 48.5 Å². The molecule has 0 aliphatic carbocycles. The Morgan fingerprint density at radius 2 is 1.89 bits per heavy atom. The molecule has 0 fully saturated rings. The number of para-hydroxylation sites is 1. The Kier molecular flexibility index (Phi) is 3.57. The van der Waals surface area contributed by atoms with E-state index in [9.17, 15) is 9.18 Å². The molecule has 2 rings (SSSR count). The fourth-order valence-electron chi connectivity index (χ4n) is 1.52. The van der Waals surface area contributed by atoms with E-state index in [0.717, 1.165) is 0 Å². The van der Waals surface area contributed by atoms with E-state index in [4.69, 9.17) is 4.74 Å². The zero-order valence-electron chi connectivity index (χ0n) is 9.81. The second kappa shape index (κ2) is 5.31. The molecule has 4 heteroatoms. The van der Waals surface area contributed by atoms with E-state index in [1.165, 1.54) is 25.2 Å². The lowest BCUT2D eigenvalue weighted by Crippen LogP contribution is -2.18. The number of carbonyl (C=O) groups is 1. The van der Waals surface area contributed by atoms with Gasteiger partial charge >= 0.3 is 0 Å². The number of hydrogen-bond donors (Lipinski definition) is 1. The van der Waals surface area contributed by atoms with E-state index < -0.39 is 5.82 Å². The highest BCUT2D eigenvalue weighted by Crippen LogP contribution is 2.26. The Bertz CT molecular complexity index is 555. The summed E-state index contributed by atoms with van der Waals surface area (Å²) in [6.07, 6.45) is 0. The van der Waals surface area contributed by atoms with Gasteiger partial charge in [0.05, 0.1) is 5.56 Å². The number of halogens is 1. The summed E-state index contributed by atoms with van der Waals surface area (Å²) >= 11 is 0. The van der Waals surface area contributed by atoms with Gasteiger partial charge in [-0.2, -0.15) is 0 Å². The van der Waals surface area contributed by atoms with Crippen LogP contribution in [0.5, 0.6) is 11.5 Å². The maximum absolute atomic E-state index is 13.2. The first kappa shape index (κ1) is 12.1. The first-order valence-corrected chi connectivity index (χ1v) is 5.45. The van der Waals surface area contributed by atoms with Gasteiger partial charge in [-0.05, 0) is 24.3 Å². The van der Waals surface area contributed by atoms with Gasteiger partial charge in [-0.25, -0.2) is 4.39 Å². The largest absolute Gasteiger partial charge is 0.456 e. The molecule has 0 saturated heterocycles. The second-order valence-corrected chi connectivity index (χ2v) is 3.63. The van der Waals surface area contributed by atoms with Crippen molar-refractivity contribution < 1.29 is 13.9 Å². The fourth-order valence-corrected chi connectivity index (χ4v) is 1.52. The van der Waals surface area contributed by atoms with E-state index >= 15 is 0 Å². The van der Waals surface area contributed by atoms with Crippen LogP contribution in [0.25, 0.3) is 0 Å². The highest BCUT2D eigenvalue weighted by molar-refractivity contribution is 5.96. The molecular formula is C14H12FNO2. The average Bonchev–Trinajstić information content (AvgIpc) is 2.39. The van der Waals surface area contributed by atoms with Gasteiger partial charge in [0.1, 0.15) is 17.3 Å². The first-order valence-electron chi connectivity index (χ1n) is 5.45. The van der Waals surface area contributed by atoms with Crippen LogP contribution in [0.3, 0.4) is 0 Å². The molecule has 3 nitrogen and oxygen atoms in total. The summed E-state index contributed by atoms with van der Waals surface area (Å²) in [5.41, 5.74) is 0.294. The van der Waals surface area contributed by atoms with Crippen LogP contribution >= 0.6 is 0 Å². The van der Waals surface area contributed by atoms with E-state index in [0.29, 0.717) is 11.3 Å². The van der Waals surface area contributed by atoms with Gasteiger partial charge in [0.15, 0.2) is 0 Å². The van der Waals surface area contributed by atoms with Gasteiger partial charge < -0.3 is 10.1 Å². The van der Waals surface area contributed by atoms with Crippen molar-refractivity contribution in [1.82, 2.24) is 5.32 Å². The smallest absolute Gasteiger partial charge is 0.254 e. The van der Waals surface area contributed by atoms with Crippen molar-refractivity contribution in [3.63, 3.8) is 0 Å². The molecule has 2 aromatic rings. The number of benzene rings is 2. The Hall–Kier alpha value is -2.36. The summed E-state index contributed by atoms with van der Waals surface area (Å²) in [6, 6.07) is 12.7. The maximum atomic E-state index is 13.2. The molecule has 0 unspecified atom stereocenters. The van der Waals surface area contributed by atoms with Crippen LogP contribution in [0.1, 0.15) is 10.4 Å². The summed E-state index contributed by atoms with van der Waals surface area (Å²) in [5.74, 6) is -0.0247. The molecule has 92 valence electrons.